The van der Waals surface area contributed by atoms with Gasteiger partial charge in [0.1, 0.15) is 5.75 Å². The van der Waals surface area contributed by atoms with Crippen LogP contribution in [0.2, 0.25) is 0 Å². The highest BCUT2D eigenvalue weighted by atomic mass is 16.5. The van der Waals surface area contributed by atoms with Crippen molar-refractivity contribution in [3.05, 3.63) is 29.8 Å². The second-order valence-electron chi connectivity index (χ2n) is 5.35. The quantitative estimate of drug-likeness (QED) is 0.398. The molecule has 0 aliphatic rings. The van der Waals surface area contributed by atoms with Crippen molar-refractivity contribution in [2.75, 3.05) is 6.61 Å². The third-order valence-electron chi connectivity index (χ3n) is 3.44. The largest absolute Gasteiger partial charge is 0.494 e. The minimum atomic E-state index is -0.0122. The first-order valence-corrected chi connectivity index (χ1v) is 8.23. The summed E-state index contributed by atoms with van der Waals surface area (Å²) < 4.78 is 5.40. The fourth-order valence-corrected chi connectivity index (χ4v) is 2.11. The molecule has 0 atom stereocenters. The maximum absolute atomic E-state index is 11.7. The Morgan fingerprint density at radius 1 is 1.09 bits per heavy atom. The van der Waals surface area contributed by atoms with Crippen molar-refractivity contribution >= 4 is 11.6 Å². The van der Waals surface area contributed by atoms with E-state index in [1.165, 1.54) is 19.3 Å². The molecule has 122 valence electrons. The van der Waals surface area contributed by atoms with Gasteiger partial charge in [0.2, 0.25) is 5.91 Å². The number of nitrogens with one attached hydrogen (secondary N) is 1. The summed E-state index contributed by atoms with van der Waals surface area (Å²) >= 11 is 0. The molecular formula is C18H28N2O2. The Bertz CT molecular complexity index is 466. The molecule has 0 aliphatic carbocycles. The summed E-state index contributed by atoms with van der Waals surface area (Å²) in [6.45, 7) is 6.68. The Morgan fingerprint density at radius 3 is 2.41 bits per heavy atom. The molecular weight excluding hydrogens is 276 g/mol. The van der Waals surface area contributed by atoms with E-state index >= 15 is 0 Å². The molecule has 1 aromatic rings. The van der Waals surface area contributed by atoms with Gasteiger partial charge in [0.15, 0.2) is 0 Å². The van der Waals surface area contributed by atoms with Gasteiger partial charge >= 0.3 is 0 Å². The number of benzene rings is 1. The van der Waals surface area contributed by atoms with Crippen LogP contribution in [0.1, 0.15) is 64.9 Å². The van der Waals surface area contributed by atoms with Gasteiger partial charge in [0.05, 0.1) is 12.3 Å². The smallest absolute Gasteiger partial charge is 0.240 e. The van der Waals surface area contributed by atoms with Crippen LogP contribution in [-0.2, 0) is 4.79 Å². The third-order valence-corrected chi connectivity index (χ3v) is 3.44. The summed E-state index contributed by atoms with van der Waals surface area (Å²) in [5.74, 6) is 0.831. The molecule has 0 aromatic heterocycles. The Morgan fingerprint density at radius 2 is 1.77 bits per heavy atom. The highest BCUT2D eigenvalue weighted by Gasteiger charge is 2.02. The number of carbonyl (C=O) groups excluding carboxylic acids is 1. The summed E-state index contributed by atoms with van der Waals surface area (Å²) in [5, 5.41) is 4.16. The summed E-state index contributed by atoms with van der Waals surface area (Å²) in [6.07, 6.45) is 6.27. The van der Waals surface area contributed by atoms with Crippen molar-refractivity contribution in [1.29, 1.82) is 0 Å². The molecule has 1 N–H and O–H groups in total. The van der Waals surface area contributed by atoms with Crippen molar-refractivity contribution in [2.24, 2.45) is 5.10 Å². The molecule has 1 amide bonds. The van der Waals surface area contributed by atoms with Crippen LogP contribution in [0, 0.1) is 0 Å². The van der Waals surface area contributed by atoms with Gasteiger partial charge in [-0.05, 0) is 50.1 Å². The van der Waals surface area contributed by atoms with E-state index in [4.69, 9.17) is 4.74 Å². The first-order chi connectivity index (χ1) is 10.7. The number of amides is 1. The summed E-state index contributed by atoms with van der Waals surface area (Å²) in [6, 6.07) is 7.71. The second-order valence-corrected chi connectivity index (χ2v) is 5.35. The fraction of sp³-hybridized carbons (Fsp3) is 0.556. The number of nitrogens with zero attached hydrogens (tertiary/aromatic N) is 1. The number of hydrazone groups is 1. The average molecular weight is 304 g/mol. The molecule has 1 aromatic carbocycles. The number of rotatable bonds is 10. The molecule has 22 heavy (non-hydrogen) atoms. The molecule has 0 saturated carbocycles. The van der Waals surface area contributed by atoms with E-state index in [1.54, 1.807) is 0 Å². The lowest BCUT2D eigenvalue weighted by Crippen LogP contribution is -2.18. The van der Waals surface area contributed by atoms with Gasteiger partial charge < -0.3 is 4.74 Å². The monoisotopic (exact) mass is 304 g/mol. The molecule has 0 bridgehead atoms. The lowest BCUT2D eigenvalue weighted by atomic mass is 10.1. The van der Waals surface area contributed by atoms with E-state index < -0.39 is 0 Å². The molecule has 0 spiro atoms. The number of hydrogen-bond donors (Lipinski definition) is 1. The molecule has 0 saturated heterocycles. The Kier molecular flexibility index (Phi) is 8.96. The van der Waals surface area contributed by atoms with Crippen molar-refractivity contribution in [2.45, 2.75) is 59.3 Å². The number of unbranched alkanes of at least 4 members (excludes halogenated alkanes) is 4. The van der Waals surface area contributed by atoms with Gasteiger partial charge in [0.25, 0.3) is 0 Å². The van der Waals surface area contributed by atoms with Gasteiger partial charge in [-0.25, -0.2) is 5.43 Å². The topological polar surface area (TPSA) is 50.7 Å². The van der Waals surface area contributed by atoms with Gasteiger partial charge in [-0.1, -0.05) is 32.6 Å². The fourth-order valence-electron chi connectivity index (χ4n) is 2.11. The van der Waals surface area contributed by atoms with Crippen molar-refractivity contribution in [3.63, 3.8) is 0 Å². The Labute approximate surface area is 134 Å². The van der Waals surface area contributed by atoms with Gasteiger partial charge in [-0.3, -0.25) is 4.79 Å². The Hall–Kier alpha value is -1.84. The highest BCUT2D eigenvalue weighted by molar-refractivity contribution is 5.99. The van der Waals surface area contributed by atoms with Crippen LogP contribution in [0.3, 0.4) is 0 Å². The van der Waals surface area contributed by atoms with Crippen LogP contribution in [0.25, 0.3) is 0 Å². The minimum absolute atomic E-state index is 0.0122. The maximum Gasteiger partial charge on any atom is 0.240 e. The molecule has 4 nitrogen and oxygen atoms in total. The van der Waals surface area contributed by atoms with Crippen LogP contribution >= 0.6 is 0 Å². The SMILES string of the molecule is CCCCCCCC(=O)NN=C(C)c1ccc(OCC)cc1. The standard InChI is InChI=1S/C18H28N2O2/c1-4-6-7-8-9-10-18(21)20-19-15(3)16-11-13-17(14-12-16)22-5-2/h11-14H,4-10H2,1-3H3,(H,20,21). The van der Waals surface area contributed by atoms with E-state index in [0.29, 0.717) is 13.0 Å². The lowest BCUT2D eigenvalue weighted by Gasteiger charge is -2.05. The van der Waals surface area contributed by atoms with Crippen LogP contribution in [0.4, 0.5) is 0 Å². The molecule has 0 aliphatic heterocycles. The zero-order valence-electron chi connectivity index (χ0n) is 14.0. The molecule has 0 heterocycles. The maximum atomic E-state index is 11.7. The first-order valence-electron chi connectivity index (χ1n) is 8.23. The van der Waals surface area contributed by atoms with Crippen molar-refractivity contribution in [1.82, 2.24) is 5.43 Å². The first kappa shape index (κ1) is 18.2. The van der Waals surface area contributed by atoms with Crippen molar-refractivity contribution in [3.8, 4) is 5.75 Å². The highest BCUT2D eigenvalue weighted by Crippen LogP contribution is 2.12. The lowest BCUT2D eigenvalue weighted by molar-refractivity contribution is -0.121. The van der Waals surface area contributed by atoms with E-state index in [-0.39, 0.29) is 5.91 Å². The molecule has 0 fully saturated rings. The zero-order valence-corrected chi connectivity index (χ0v) is 14.0. The molecule has 0 unspecified atom stereocenters. The molecule has 0 radical (unpaired) electrons. The summed E-state index contributed by atoms with van der Waals surface area (Å²) in [4.78, 5) is 11.7. The predicted molar refractivity (Wildman–Crippen MR) is 91.3 cm³/mol. The zero-order chi connectivity index (χ0) is 16.2. The normalized spacial score (nSPS) is 11.3. The average Bonchev–Trinajstić information content (AvgIpc) is 2.53. The minimum Gasteiger partial charge on any atom is -0.494 e. The van der Waals surface area contributed by atoms with E-state index in [2.05, 4.69) is 17.5 Å². The number of hydrogen-bond acceptors (Lipinski definition) is 3. The van der Waals surface area contributed by atoms with Crippen LogP contribution in [0.5, 0.6) is 5.75 Å². The van der Waals surface area contributed by atoms with Gasteiger partial charge in [0, 0.05) is 6.42 Å². The number of carbonyl (C=O) groups is 1. The second kappa shape index (κ2) is 10.8. The van der Waals surface area contributed by atoms with Crippen LogP contribution in [0.15, 0.2) is 29.4 Å². The number of ether oxygens (including phenoxy) is 1. The van der Waals surface area contributed by atoms with Crippen LogP contribution in [-0.4, -0.2) is 18.2 Å². The van der Waals surface area contributed by atoms with E-state index in [0.717, 1.165) is 29.9 Å². The van der Waals surface area contributed by atoms with E-state index in [1.807, 2.05) is 38.1 Å². The Balaban J connectivity index is 2.36. The summed E-state index contributed by atoms with van der Waals surface area (Å²) in [5.41, 5.74) is 4.40. The van der Waals surface area contributed by atoms with E-state index in [9.17, 15) is 4.79 Å². The van der Waals surface area contributed by atoms with Crippen LogP contribution < -0.4 is 10.2 Å². The van der Waals surface area contributed by atoms with Gasteiger partial charge in [-0.15, -0.1) is 0 Å². The molecule has 4 heteroatoms. The van der Waals surface area contributed by atoms with Crippen molar-refractivity contribution < 1.29 is 9.53 Å². The predicted octanol–water partition coefficient (Wildman–Crippen LogP) is 4.29. The molecule has 1 rings (SSSR count). The summed E-state index contributed by atoms with van der Waals surface area (Å²) in [7, 11) is 0. The van der Waals surface area contributed by atoms with Gasteiger partial charge in [-0.2, -0.15) is 5.10 Å². The third kappa shape index (κ3) is 7.25.